The first kappa shape index (κ1) is 18.6. The van der Waals surface area contributed by atoms with E-state index in [0.29, 0.717) is 11.1 Å². The molecule has 0 spiro atoms. The third kappa shape index (κ3) is 5.06. The molecule has 118 valence electrons. The lowest BCUT2D eigenvalue weighted by Crippen LogP contribution is -2.46. The van der Waals surface area contributed by atoms with Gasteiger partial charge >= 0.3 is 0 Å². The molecule has 0 bridgehead atoms. The fraction of sp³-hybridized carbons (Fsp3) is 0.533. The summed E-state index contributed by atoms with van der Waals surface area (Å²) in [6.45, 7) is 3.94. The lowest BCUT2D eigenvalue weighted by molar-refractivity contribution is -0.131. The van der Waals surface area contributed by atoms with Gasteiger partial charge in [0.2, 0.25) is 5.91 Å². The molecule has 1 heterocycles. The van der Waals surface area contributed by atoms with Crippen LogP contribution in [0.15, 0.2) is 29.2 Å². The quantitative estimate of drug-likeness (QED) is 0.845. The molecule has 1 fully saturated rings. The maximum Gasteiger partial charge on any atom is 0.235 e. The van der Waals surface area contributed by atoms with Crippen molar-refractivity contribution in [3.05, 3.63) is 29.3 Å². The standard InChI is InChI=1S/C15H21ClN2OS.ClH/c1-11(20-14-6-4-3-5-13(14)16)15(19)18(2)12-7-9-17-10-8-12;/h3-6,11-12,17H,7-10H2,1-2H3;1H. The molecule has 1 aliphatic rings. The zero-order valence-corrected chi connectivity index (χ0v) is 14.7. The third-order valence-corrected chi connectivity index (χ3v) is 5.30. The van der Waals surface area contributed by atoms with Crippen molar-refractivity contribution in [1.82, 2.24) is 10.2 Å². The first-order valence-electron chi connectivity index (χ1n) is 6.98. The number of benzene rings is 1. The Bertz CT molecular complexity index is 467. The van der Waals surface area contributed by atoms with Gasteiger partial charge in [-0.05, 0) is 45.0 Å². The van der Waals surface area contributed by atoms with Gasteiger partial charge in [-0.25, -0.2) is 0 Å². The first-order chi connectivity index (χ1) is 9.59. The van der Waals surface area contributed by atoms with Gasteiger partial charge in [-0.15, -0.1) is 24.2 Å². The highest BCUT2D eigenvalue weighted by Gasteiger charge is 2.26. The molecule has 1 aromatic rings. The molecule has 1 aromatic carbocycles. The highest BCUT2D eigenvalue weighted by atomic mass is 35.5. The molecular weight excluding hydrogens is 327 g/mol. The van der Waals surface area contributed by atoms with Crippen LogP contribution >= 0.6 is 35.8 Å². The van der Waals surface area contributed by atoms with Crippen LogP contribution in [0.5, 0.6) is 0 Å². The summed E-state index contributed by atoms with van der Waals surface area (Å²) in [4.78, 5) is 15.4. The Morgan fingerprint density at radius 1 is 1.38 bits per heavy atom. The van der Waals surface area contributed by atoms with Crippen molar-refractivity contribution in [3.8, 4) is 0 Å². The van der Waals surface area contributed by atoms with Gasteiger partial charge in [-0.2, -0.15) is 0 Å². The van der Waals surface area contributed by atoms with Crippen molar-refractivity contribution in [3.63, 3.8) is 0 Å². The fourth-order valence-electron chi connectivity index (χ4n) is 2.44. The summed E-state index contributed by atoms with van der Waals surface area (Å²) in [6, 6.07) is 8.03. The first-order valence-corrected chi connectivity index (χ1v) is 8.24. The highest BCUT2D eigenvalue weighted by Crippen LogP contribution is 2.31. The van der Waals surface area contributed by atoms with E-state index in [9.17, 15) is 4.79 Å². The average molecular weight is 349 g/mol. The van der Waals surface area contributed by atoms with Crippen LogP contribution in [0.3, 0.4) is 0 Å². The molecule has 6 heteroatoms. The number of nitrogens with one attached hydrogen (secondary N) is 1. The molecule has 21 heavy (non-hydrogen) atoms. The Morgan fingerprint density at radius 2 is 2.00 bits per heavy atom. The number of halogens is 2. The Morgan fingerprint density at radius 3 is 2.62 bits per heavy atom. The number of hydrogen-bond acceptors (Lipinski definition) is 3. The molecular formula is C15H22Cl2N2OS. The van der Waals surface area contributed by atoms with E-state index in [1.807, 2.05) is 43.1 Å². The number of piperidine rings is 1. The Balaban J connectivity index is 0.00000220. The van der Waals surface area contributed by atoms with Gasteiger partial charge < -0.3 is 10.2 Å². The van der Waals surface area contributed by atoms with Crippen LogP contribution < -0.4 is 5.32 Å². The second-order valence-corrected chi connectivity index (χ2v) is 6.91. The lowest BCUT2D eigenvalue weighted by atomic mass is 10.1. The predicted octanol–water partition coefficient (Wildman–Crippen LogP) is 3.45. The van der Waals surface area contributed by atoms with Crippen molar-refractivity contribution < 1.29 is 4.79 Å². The molecule has 2 rings (SSSR count). The van der Waals surface area contributed by atoms with Crippen LogP contribution in [0, 0.1) is 0 Å². The maximum absolute atomic E-state index is 12.5. The number of rotatable bonds is 4. The Hall–Kier alpha value is -0.420. The van der Waals surface area contributed by atoms with E-state index in [4.69, 9.17) is 11.6 Å². The van der Waals surface area contributed by atoms with E-state index in [1.165, 1.54) is 11.8 Å². The van der Waals surface area contributed by atoms with Gasteiger partial charge in [-0.1, -0.05) is 23.7 Å². The van der Waals surface area contributed by atoms with Crippen molar-refractivity contribution >= 4 is 41.7 Å². The number of amides is 1. The Labute approximate surface area is 142 Å². The lowest BCUT2D eigenvalue weighted by Gasteiger charge is -2.33. The van der Waals surface area contributed by atoms with Crippen molar-refractivity contribution in [2.45, 2.75) is 36.0 Å². The van der Waals surface area contributed by atoms with Crippen molar-refractivity contribution in [2.75, 3.05) is 20.1 Å². The zero-order chi connectivity index (χ0) is 14.5. The molecule has 0 aromatic heterocycles. The van der Waals surface area contributed by atoms with Crippen molar-refractivity contribution in [1.29, 1.82) is 0 Å². The molecule has 0 aliphatic carbocycles. The van der Waals surface area contributed by atoms with E-state index >= 15 is 0 Å². The largest absolute Gasteiger partial charge is 0.342 e. The minimum atomic E-state index is -0.116. The van der Waals surface area contributed by atoms with Gasteiger partial charge in [0.1, 0.15) is 0 Å². The second-order valence-electron chi connectivity index (χ2n) is 5.12. The van der Waals surface area contributed by atoms with Gasteiger partial charge in [0.15, 0.2) is 0 Å². The van der Waals surface area contributed by atoms with Crippen LogP contribution in [0.4, 0.5) is 0 Å². The monoisotopic (exact) mass is 348 g/mol. The number of thioether (sulfide) groups is 1. The average Bonchev–Trinajstić information content (AvgIpc) is 2.49. The van der Waals surface area contributed by atoms with Gasteiger partial charge in [0.05, 0.1) is 10.3 Å². The van der Waals surface area contributed by atoms with E-state index in [2.05, 4.69) is 5.32 Å². The number of nitrogens with zero attached hydrogens (tertiary/aromatic N) is 1. The summed E-state index contributed by atoms with van der Waals surface area (Å²) in [7, 11) is 1.92. The van der Waals surface area contributed by atoms with Crippen LogP contribution in [0.25, 0.3) is 0 Å². The number of carbonyl (C=O) groups excluding carboxylic acids is 1. The molecule has 0 saturated carbocycles. The van der Waals surface area contributed by atoms with E-state index in [0.717, 1.165) is 30.8 Å². The predicted molar refractivity (Wildman–Crippen MR) is 92.7 cm³/mol. The van der Waals surface area contributed by atoms with E-state index in [1.54, 1.807) is 0 Å². The summed E-state index contributed by atoms with van der Waals surface area (Å²) in [5.74, 6) is 0.182. The zero-order valence-electron chi connectivity index (χ0n) is 12.3. The summed E-state index contributed by atoms with van der Waals surface area (Å²) in [6.07, 6.45) is 2.07. The fourth-order valence-corrected chi connectivity index (χ4v) is 3.70. The molecule has 0 radical (unpaired) electrons. The van der Waals surface area contributed by atoms with Gasteiger partial charge in [0, 0.05) is 18.0 Å². The highest BCUT2D eigenvalue weighted by molar-refractivity contribution is 8.00. The number of hydrogen-bond donors (Lipinski definition) is 1. The molecule has 1 aliphatic heterocycles. The van der Waals surface area contributed by atoms with Crippen molar-refractivity contribution in [2.24, 2.45) is 0 Å². The topological polar surface area (TPSA) is 32.3 Å². The van der Waals surface area contributed by atoms with Crippen LogP contribution in [-0.4, -0.2) is 42.2 Å². The van der Waals surface area contributed by atoms with Crippen LogP contribution in [0.2, 0.25) is 5.02 Å². The second kappa shape index (κ2) is 8.89. The number of carbonyl (C=O) groups is 1. The summed E-state index contributed by atoms with van der Waals surface area (Å²) >= 11 is 7.68. The summed E-state index contributed by atoms with van der Waals surface area (Å²) in [5.41, 5.74) is 0. The molecule has 1 saturated heterocycles. The van der Waals surface area contributed by atoms with Crippen LogP contribution in [-0.2, 0) is 4.79 Å². The summed E-state index contributed by atoms with van der Waals surface area (Å²) < 4.78 is 0. The molecule has 1 unspecified atom stereocenters. The minimum absolute atomic E-state index is 0. The molecule has 3 nitrogen and oxygen atoms in total. The normalized spacial score (nSPS) is 16.9. The Kier molecular flexibility index (Phi) is 7.88. The molecule has 1 atom stereocenters. The van der Waals surface area contributed by atoms with E-state index in [-0.39, 0.29) is 23.6 Å². The van der Waals surface area contributed by atoms with Gasteiger partial charge in [0.25, 0.3) is 0 Å². The van der Waals surface area contributed by atoms with Crippen LogP contribution in [0.1, 0.15) is 19.8 Å². The maximum atomic E-state index is 12.5. The van der Waals surface area contributed by atoms with E-state index < -0.39 is 0 Å². The molecule has 1 amide bonds. The third-order valence-electron chi connectivity index (χ3n) is 3.69. The summed E-state index contributed by atoms with van der Waals surface area (Å²) in [5, 5.41) is 3.92. The SMILES string of the molecule is CC(Sc1ccccc1Cl)C(=O)N(C)C1CCNCC1.Cl. The molecule has 1 N–H and O–H groups in total. The minimum Gasteiger partial charge on any atom is -0.342 e. The smallest absolute Gasteiger partial charge is 0.235 e. The van der Waals surface area contributed by atoms with Gasteiger partial charge in [-0.3, -0.25) is 4.79 Å².